The maximum absolute atomic E-state index is 5.09. The highest BCUT2D eigenvalue weighted by atomic mass is 17.2. The molecule has 0 amide bonds. The van der Waals surface area contributed by atoms with E-state index in [0.29, 0.717) is 6.61 Å². The van der Waals surface area contributed by atoms with E-state index in [0.717, 1.165) is 11.1 Å². The standard InChI is InChI=1S/C13H14O2/c1-3-14-15-13-7-6-11-8-10(2)4-5-12(11)9-13/h4-9H,3H2,1-2H3. The molecule has 0 radical (unpaired) electrons. The molecule has 0 aliphatic heterocycles. The van der Waals surface area contributed by atoms with E-state index >= 15 is 0 Å². The molecule has 2 aromatic carbocycles. The van der Waals surface area contributed by atoms with Crippen molar-refractivity contribution in [3.63, 3.8) is 0 Å². The van der Waals surface area contributed by atoms with Gasteiger partial charge in [0.15, 0.2) is 5.75 Å². The Bertz CT molecular complexity index is 463. The third-order valence-electron chi connectivity index (χ3n) is 2.24. The minimum atomic E-state index is 0.548. The molecule has 0 heterocycles. The Hall–Kier alpha value is -1.54. The Morgan fingerprint density at radius 1 is 1.00 bits per heavy atom. The first kappa shape index (κ1) is 9.99. The molecule has 0 aliphatic carbocycles. The molecular weight excluding hydrogens is 188 g/mol. The Morgan fingerprint density at radius 2 is 1.73 bits per heavy atom. The Labute approximate surface area is 89.4 Å². The average Bonchev–Trinajstić information content (AvgIpc) is 2.26. The zero-order valence-corrected chi connectivity index (χ0v) is 8.99. The fourth-order valence-corrected chi connectivity index (χ4v) is 1.52. The molecule has 15 heavy (non-hydrogen) atoms. The molecule has 0 spiro atoms. The molecule has 0 saturated carbocycles. The highest BCUT2D eigenvalue weighted by Gasteiger charge is 1.98. The zero-order valence-electron chi connectivity index (χ0n) is 8.99. The number of rotatable bonds is 3. The SMILES string of the molecule is CCOOc1ccc2cc(C)ccc2c1. The topological polar surface area (TPSA) is 18.5 Å². The fraction of sp³-hybridized carbons (Fsp3) is 0.231. The molecule has 0 fully saturated rings. The van der Waals surface area contributed by atoms with Crippen LogP contribution in [0.15, 0.2) is 36.4 Å². The lowest BCUT2D eigenvalue weighted by Crippen LogP contribution is -1.95. The fourth-order valence-electron chi connectivity index (χ4n) is 1.52. The highest BCUT2D eigenvalue weighted by molar-refractivity contribution is 5.84. The van der Waals surface area contributed by atoms with Crippen LogP contribution in [0.4, 0.5) is 0 Å². The normalized spacial score (nSPS) is 10.5. The number of fused-ring (bicyclic) bond motifs is 1. The molecule has 0 saturated heterocycles. The van der Waals surface area contributed by atoms with Crippen LogP contribution in [0.25, 0.3) is 10.8 Å². The van der Waals surface area contributed by atoms with E-state index in [4.69, 9.17) is 9.78 Å². The van der Waals surface area contributed by atoms with Gasteiger partial charge in [-0.2, -0.15) is 4.89 Å². The van der Waals surface area contributed by atoms with Gasteiger partial charge in [0, 0.05) is 0 Å². The predicted octanol–water partition coefficient (Wildman–Crippen LogP) is 3.48. The molecule has 78 valence electrons. The van der Waals surface area contributed by atoms with Crippen LogP contribution in [-0.4, -0.2) is 6.61 Å². The second-order valence-corrected chi connectivity index (χ2v) is 3.50. The number of aryl methyl sites for hydroxylation is 1. The molecule has 0 unspecified atom stereocenters. The van der Waals surface area contributed by atoms with Crippen molar-refractivity contribution in [2.75, 3.05) is 6.61 Å². The van der Waals surface area contributed by atoms with Gasteiger partial charge in [-0.1, -0.05) is 29.8 Å². The zero-order chi connectivity index (χ0) is 10.7. The molecular formula is C13H14O2. The molecule has 0 atom stereocenters. The van der Waals surface area contributed by atoms with Gasteiger partial charge in [0.25, 0.3) is 0 Å². The van der Waals surface area contributed by atoms with Crippen LogP contribution in [0.1, 0.15) is 12.5 Å². The monoisotopic (exact) mass is 202 g/mol. The van der Waals surface area contributed by atoms with E-state index in [-0.39, 0.29) is 0 Å². The lowest BCUT2D eigenvalue weighted by atomic mass is 10.1. The summed E-state index contributed by atoms with van der Waals surface area (Å²) in [6.07, 6.45) is 0. The number of hydrogen-bond donors (Lipinski definition) is 0. The van der Waals surface area contributed by atoms with Gasteiger partial charge in [-0.3, -0.25) is 0 Å². The van der Waals surface area contributed by atoms with Crippen LogP contribution < -0.4 is 4.89 Å². The van der Waals surface area contributed by atoms with Gasteiger partial charge >= 0.3 is 0 Å². The van der Waals surface area contributed by atoms with Crippen molar-refractivity contribution < 1.29 is 9.78 Å². The van der Waals surface area contributed by atoms with E-state index < -0.39 is 0 Å². The molecule has 2 aromatic rings. The van der Waals surface area contributed by atoms with Crippen molar-refractivity contribution >= 4 is 10.8 Å². The maximum Gasteiger partial charge on any atom is 0.166 e. The van der Waals surface area contributed by atoms with Gasteiger partial charge in [-0.05, 0) is 36.8 Å². The molecule has 0 aliphatic rings. The Morgan fingerprint density at radius 3 is 2.53 bits per heavy atom. The minimum Gasteiger partial charge on any atom is -0.338 e. The van der Waals surface area contributed by atoms with Crippen LogP contribution in [0, 0.1) is 6.92 Å². The molecule has 2 heteroatoms. The van der Waals surface area contributed by atoms with Gasteiger partial charge in [0.1, 0.15) is 0 Å². The van der Waals surface area contributed by atoms with Gasteiger partial charge in [0.05, 0.1) is 6.61 Å². The summed E-state index contributed by atoms with van der Waals surface area (Å²) in [6.45, 7) is 4.53. The van der Waals surface area contributed by atoms with E-state index in [2.05, 4.69) is 25.1 Å². The second kappa shape index (κ2) is 4.32. The lowest BCUT2D eigenvalue weighted by molar-refractivity contribution is -0.202. The number of benzene rings is 2. The predicted molar refractivity (Wildman–Crippen MR) is 60.9 cm³/mol. The first-order chi connectivity index (χ1) is 7.29. The quantitative estimate of drug-likeness (QED) is 0.560. The average molecular weight is 202 g/mol. The molecule has 0 N–H and O–H groups in total. The summed E-state index contributed by atoms with van der Waals surface area (Å²) in [5.41, 5.74) is 1.26. The Kier molecular flexibility index (Phi) is 2.88. The summed E-state index contributed by atoms with van der Waals surface area (Å²) in [7, 11) is 0. The second-order valence-electron chi connectivity index (χ2n) is 3.50. The minimum absolute atomic E-state index is 0.548. The van der Waals surface area contributed by atoms with Crippen molar-refractivity contribution in [1.82, 2.24) is 0 Å². The smallest absolute Gasteiger partial charge is 0.166 e. The van der Waals surface area contributed by atoms with Crippen LogP contribution in [0.2, 0.25) is 0 Å². The largest absolute Gasteiger partial charge is 0.338 e. The summed E-state index contributed by atoms with van der Waals surface area (Å²) < 4.78 is 0. The van der Waals surface area contributed by atoms with Crippen molar-refractivity contribution in [3.8, 4) is 5.75 Å². The van der Waals surface area contributed by atoms with E-state index in [1.54, 1.807) is 0 Å². The van der Waals surface area contributed by atoms with Crippen LogP contribution >= 0.6 is 0 Å². The maximum atomic E-state index is 5.09. The van der Waals surface area contributed by atoms with E-state index in [9.17, 15) is 0 Å². The molecule has 0 aromatic heterocycles. The number of hydrogen-bond acceptors (Lipinski definition) is 2. The van der Waals surface area contributed by atoms with Gasteiger partial charge < -0.3 is 4.89 Å². The summed E-state index contributed by atoms with van der Waals surface area (Å²) in [4.78, 5) is 9.99. The van der Waals surface area contributed by atoms with Crippen molar-refractivity contribution in [2.24, 2.45) is 0 Å². The van der Waals surface area contributed by atoms with Crippen LogP contribution in [-0.2, 0) is 4.89 Å². The van der Waals surface area contributed by atoms with Gasteiger partial charge in [-0.15, -0.1) is 0 Å². The Balaban J connectivity index is 2.34. The summed E-state index contributed by atoms with van der Waals surface area (Å²) >= 11 is 0. The summed E-state index contributed by atoms with van der Waals surface area (Å²) in [5.74, 6) is 0.744. The van der Waals surface area contributed by atoms with Crippen LogP contribution in [0.5, 0.6) is 5.75 Å². The first-order valence-electron chi connectivity index (χ1n) is 5.09. The van der Waals surface area contributed by atoms with Crippen molar-refractivity contribution in [3.05, 3.63) is 42.0 Å². The lowest BCUT2D eigenvalue weighted by Gasteiger charge is -2.04. The van der Waals surface area contributed by atoms with E-state index in [1.807, 2.05) is 25.1 Å². The van der Waals surface area contributed by atoms with Crippen molar-refractivity contribution in [1.29, 1.82) is 0 Å². The molecule has 2 rings (SSSR count). The van der Waals surface area contributed by atoms with Gasteiger partial charge in [0.2, 0.25) is 0 Å². The van der Waals surface area contributed by atoms with Gasteiger partial charge in [-0.25, -0.2) is 0 Å². The molecule has 2 nitrogen and oxygen atoms in total. The van der Waals surface area contributed by atoms with Crippen molar-refractivity contribution in [2.45, 2.75) is 13.8 Å². The van der Waals surface area contributed by atoms with Crippen LogP contribution in [0.3, 0.4) is 0 Å². The summed E-state index contributed by atoms with van der Waals surface area (Å²) in [6, 6.07) is 12.3. The third-order valence-corrected chi connectivity index (χ3v) is 2.24. The highest BCUT2D eigenvalue weighted by Crippen LogP contribution is 2.21. The summed E-state index contributed by atoms with van der Waals surface area (Å²) in [5, 5.41) is 2.39. The third kappa shape index (κ3) is 2.28. The van der Waals surface area contributed by atoms with E-state index in [1.165, 1.54) is 10.9 Å². The molecule has 0 bridgehead atoms. The first-order valence-corrected chi connectivity index (χ1v) is 5.09.